The monoisotopic (exact) mass is 820 g/mol. The number of hydrogen-bond donors (Lipinski definition) is 5. The van der Waals surface area contributed by atoms with Gasteiger partial charge in [-0.3, -0.25) is 38.5 Å². The van der Waals surface area contributed by atoms with Gasteiger partial charge in [0.1, 0.15) is 18.4 Å². The molecule has 0 aliphatic carbocycles. The number of esters is 1. The van der Waals surface area contributed by atoms with Crippen LogP contribution in [0.1, 0.15) is 85.0 Å². The lowest BCUT2D eigenvalue weighted by atomic mass is 9.92. The van der Waals surface area contributed by atoms with Crippen LogP contribution in [0.15, 0.2) is 0 Å². The number of aliphatic hydroxyl groups excluding tert-OH is 1. The van der Waals surface area contributed by atoms with Crippen molar-refractivity contribution in [1.29, 1.82) is 0 Å². The molecule has 1 aliphatic heterocycles. The SMILES string of the molecule is CCC(CO)OC(COC(=O)C(CC)CCC(=O)C[C@H](CC)CCNC(=O)CCOCCOCCNC(=O)CCN1C(=O)CC(SCC(N)C(=O)O)C1=O)OC. The van der Waals surface area contributed by atoms with Gasteiger partial charge in [-0.2, -0.15) is 0 Å². The fourth-order valence-electron chi connectivity index (χ4n) is 5.48. The number of carboxylic acid groups (broad SMARTS) is 1. The Hall–Kier alpha value is -3.20. The zero-order valence-corrected chi connectivity index (χ0v) is 34.1. The number of carboxylic acids is 1. The van der Waals surface area contributed by atoms with Crippen molar-refractivity contribution < 1.29 is 67.5 Å². The predicted octanol–water partition coefficient (Wildman–Crippen LogP) is 0.790. The second kappa shape index (κ2) is 30.0. The van der Waals surface area contributed by atoms with Gasteiger partial charge in [-0.15, -0.1) is 11.8 Å². The molecule has 1 rings (SSSR count). The van der Waals surface area contributed by atoms with E-state index < -0.39 is 53.4 Å². The normalized spacial score (nSPS) is 16.9. The van der Waals surface area contributed by atoms with E-state index in [-0.39, 0.29) is 108 Å². The molecule has 0 spiro atoms. The number of methoxy groups -OCH3 is 1. The van der Waals surface area contributed by atoms with Gasteiger partial charge in [0, 0.05) is 64.6 Å². The number of Topliss-reactive ketones (excluding diaryl/α,β-unsaturated/α-hetero) is 1. The Balaban J connectivity index is 2.14. The largest absolute Gasteiger partial charge is 0.480 e. The van der Waals surface area contributed by atoms with Crippen LogP contribution in [0.4, 0.5) is 0 Å². The lowest BCUT2D eigenvalue weighted by Gasteiger charge is -2.22. The summed E-state index contributed by atoms with van der Waals surface area (Å²) in [7, 11) is 1.43. The van der Waals surface area contributed by atoms with Crippen LogP contribution in [-0.2, 0) is 57.2 Å². The number of ether oxygens (including phenoxy) is 5. The van der Waals surface area contributed by atoms with E-state index in [0.29, 0.717) is 38.6 Å². The Morgan fingerprint density at radius 3 is 2.21 bits per heavy atom. The van der Waals surface area contributed by atoms with E-state index in [4.69, 9.17) is 34.5 Å². The lowest BCUT2D eigenvalue weighted by Crippen LogP contribution is -2.37. The molecule has 6 N–H and O–H groups in total. The molecule has 6 atom stereocenters. The first kappa shape index (κ1) is 50.8. The van der Waals surface area contributed by atoms with Crippen LogP contribution in [0.2, 0.25) is 0 Å². The van der Waals surface area contributed by atoms with E-state index in [1.807, 2.05) is 20.8 Å². The summed E-state index contributed by atoms with van der Waals surface area (Å²) in [6, 6.07) is -1.14. The maximum Gasteiger partial charge on any atom is 0.321 e. The van der Waals surface area contributed by atoms with Crippen molar-refractivity contribution in [2.45, 2.75) is 109 Å². The summed E-state index contributed by atoms with van der Waals surface area (Å²) in [6.07, 6.45) is 2.32. The molecule has 18 nitrogen and oxygen atoms in total. The zero-order chi connectivity index (χ0) is 41.9. The zero-order valence-electron chi connectivity index (χ0n) is 33.3. The molecular weight excluding hydrogens is 756 g/mol. The van der Waals surface area contributed by atoms with Crippen molar-refractivity contribution in [2.24, 2.45) is 17.6 Å². The number of amides is 4. The highest BCUT2D eigenvalue weighted by Crippen LogP contribution is 2.26. The van der Waals surface area contributed by atoms with Crippen molar-refractivity contribution in [1.82, 2.24) is 15.5 Å². The second-order valence-corrected chi connectivity index (χ2v) is 14.6. The molecule has 0 bridgehead atoms. The van der Waals surface area contributed by atoms with Gasteiger partial charge >= 0.3 is 11.9 Å². The quantitative estimate of drug-likeness (QED) is 0.0260. The summed E-state index contributed by atoms with van der Waals surface area (Å²) in [4.78, 5) is 86.3. The van der Waals surface area contributed by atoms with E-state index in [1.165, 1.54) is 7.11 Å². The van der Waals surface area contributed by atoms with Gasteiger partial charge in [-0.05, 0) is 31.6 Å². The fourth-order valence-corrected chi connectivity index (χ4v) is 6.59. The summed E-state index contributed by atoms with van der Waals surface area (Å²) in [5.41, 5.74) is 5.46. The highest BCUT2D eigenvalue weighted by atomic mass is 32.2. The van der Waals surface area contributed by atoms with E-state index >= 15 is 0 Å². The molecule has 19 heteroatoms. The number of hydrogen-bond acceptors (Lipinski definition) is 15. The summed E-state index contributed by atoms with van der Waals surface area (Å²) < 4.78 is 27.0. The van der Waals surface area contributed by atoms with E-state index in [0.717, 1.165) is 23.1 Å². The number of imide groups is 1. The van der Waals surface area contributed by atoms with Crippen LogP contribution < -0.4 is 16.4 Å². The number of aliphatic carboxylic acids is 1. The molecule has 56 heavy (non-hydrogen) atoms. The average molecular weight is 821 g/mol. The van der Waals surface area contributed by atoms with Crippen LogP contribution in [0, 0.1) is 11.8 Å². The van der Waals surface area contributed by atoms with E-state index in [2.05, 4.69) is 10.6 Å². The standard InChI is InChI=1S/C37H64N4O14S/c1-5-25(20-27(43)9-8-26(6-2)37(50)54-23-34(51-4)55-28(7-3)22-42)10-13-39-32(45)12-16-52-18-19-53-17-14-40-31(44)11-15-41-33(46)21-30(35(41)47)56-24-29(38)36(48)49/h25-26,28-30,34,42H,5-24,38H2,1-4H3,(H,39,45)(H,40,44)(H,48,49)/t25-,26?,28?,29?,30?,34?/m1/s1. The lowest BCUT2D eigenvalue weighted by molar-refractivity contribution is -0.196. The number of carbonyl (C=O) groups excluding carboxylic acids is 6. The number of likely N-dealkylation sites (tertiary alicyclic amines) is 1. The van der Waals surface area contributed by atoms with E-state index in [9.17, 15) is 38.7 Å². The third kappa shape index (κ3) is 21.4. The Kier molecular flexibility index (Phi) is 27.2. The van der Waals surface area contributed by atoms with Gasteiger partial charge in [0.05, 0.1) is 50.3 Å². The number of nitrogens with one attached hydrogen (secondary N) is 2. The molecule has 0 aromatic heterocycles. The molecule has 1 fully saturated rings. The molecule has 4 amide bonds. The summed E-state index contributed by atoms with van der Waals surface area (Å²) in [5.74, 6) is -3.29. The predicted molar refractivity (Wildman–Crippen MR) is 205 cm³/mol. The summed E-state index contributed by atoms with van der Waals surface area (Å²) in [6.45, 7) is 6.92. The fraction of sp³-hybridized carbons (Fsp3) is 0.811. The minimum Gasteiger partial charge on any atom is -0.480 e. The maximum absolute atomic E-state index is 12.7. The van der Waals surface area contributed by atoms with Crippen LogP contribution in [0.3, 0.4) is 0 Å². The van der Waals surface area contributed by atoms with Crippen LogP contribution in [-0.4, -0.2) is 152 Å². The van der Waals surface area contributed by atoms with Crippen molar-refractivity contribution >= 4 is 53.1 Å². The number of carbonyl (C=O) groups is 7. The topological polar surface area (TPSA) is 259 Å². The minimum atomic E-state index is -1.19. The van der Waals surface area contributed by atoms with Gasteiger partial charge < -0.3 is 50.3 Å². The van der Waals surface area contributed by atoms with Crippen molar-refractivity contribution in [3.05, 3.63) is 0 Å². The van der Waals surface area contributed by atoms with E-state index in [1.54, 1.807) is 0 Å². The van der Waals surface area contributed by atoms with Crippen molar-refractivity contribution in [3.8, 4) is 0 Å². The number of aliphatic hydroxyl groups is 1. The molecule has 5 unspecified atom stereocenters. The van der Waals surface area contributed by atoms with Gasteiger partial charge in [0.25, 0.3) is 0 Å². The third-order valence-corrected chi connectivity index (χ3v) is 10.5. The molecule has 0 aromatic rings. The van der Waals surface area contributed by atoms with Gasteiger partial charge in [-0.1, -0.05) is 27.2 Å². The Morgan fingerprint density at radius 2 is 1.59 bits per heavy atom. The number of ketones is 1. The van der Waals surface area contributed by atoms with Crippen LogP contribution in [0.5, 0.6) is 0 Å². The smallest absolute Gasteiger partial charge is 0.321 e. The Labute approximate surface area is 333 Å². The number of thioether (sulfide) groups is 1. The first-order chi connectivity index (χ1) is 26.8. The second-order valence-electron chi connectivity index (χ2n) is 13.4. The number of nitrogens with two attached hydrogens (primary N) is 1. The first-order valence-corrected chi connectivity index (χ1v) is 20.4. The van der Waals surface area contributed by atoms with Gasteiger partial charge in [-0.25, -0.2) is 0 Å². The highest BCUT2D eigenvalue weighted by molar-refractivity contribution is 8.00. The Morgan fingerprint density at radius 1 is 0.911 bits per heavy atom. The van der Waals surface area contributed by atoms with Crippen molar-refractivity contribution in [2.75, 3.05) is 72.1 Å². The summed E-state index contributed by atoms with van der Waals surface area (Å²) in [5, 5.41) is 23.0. The summed E-state index contributed by atoms with van der Waals surface area (Å²) >= 11 is 1.02. The Bertz CT molecular complexity index is 1220. The molecule has 0 saturated carbocycles. The minimum absolute atomic E-state index is 0.00568. The highest BCUT2D eigenvalue weighted by Gasteiger charge is 2.39. The first-order valence-electron chi connectivity index (χ1n) is 19.4. The van der Waals surface area contributed by atoms with Gasteiger partial charge in [0.15, 0.2) is 6.29 Å². The van der Waals surface area contributed by atoms with Crippen molar-refractivity contribution in [3.63, 3.8) is 0 Å². The molecule has 0 aromatic carbocycles. The third-order valence-electron chi connectivity index (χ3n) is 9.17. The number of nitrogens with zero attached hydrogens (tertiary/aromatic N) is 1. The van der Waals surface area contributed by atoms with Crippen LogP contribution >= 0.6 is 11.8 Å². The van der Waals surface area contributed by atoms with Gasteiger partial charge in [0.2, 0.25) is 23.6 Å². The molecule has 1 heterocycles. The molecule has 322 valence electrons. The average Bonchev–Trinajstić information content (AvgIpc) is 3.45. The number of rotatable bonds is 34. The maximum atomic E-state index is 12.7. The molecular formula is C37H64N4O14S. The molecule has 1 aliphatic rings. The molecule has 1 saturated heterocycles. The molecule has 0 radical (unpaired) electrons. The van der Waals surface area contributed by atoms with Crippen LogP contribution in [0.25, 0.3) is 0 Å².